The molecule has 1 saturated carbocycles. The average molecular weight is 216 g/mol. The molecular weight excluding hydrogens is 200 g/mol. The molecule has 1 heterocycles. The van der Waals surface area contributed by atoms with Crippen LogP contribution < -0.4 is 0 Å². The normalized spacial score (nSPS) is 15.3. The van der Waals surface area contributed by atoms with Crippen molar-refractivity contribution >= 4 is 5.91 Å². The first-order valence-electron chi connectivity index (χ1n) is 5.63. The summed E-state index contributed by atoms with van der Waals surface area (Å²) in [6.45, 7) is 2.54. The van der Waals surface area contributed by atoms with Gasteiger partial charge in [-0.05, 0) is 37.5 Å². The van der Waals surface area contributed by atoms with Crippen molar-refractivity contribution in [2.75, 3.05) is 0 Å². The smallest absolute Gasteiger partial charge is 0.246 e. The van der Waals surface area contributed by atoms with E-state index >= 15 is 0 Å². The standard InChI is InChI=1S/C13H16N2O/c1-2-4-13(16)15(12-6-7-12)10-11-5-3-8-14-9-11/h2-5,8-9,12H,6-7,10H2,1H3. The SMILES string of the molecule is CC=CC(=O)N(Cc1cccnc1)C1CC1. The summed E-state index contributed by atoms with van der Waals surface area (Å²) in [5.74, 6) is 0.105. The van der Waals surface area contributed by atoms with Crippen molar-refractivity contribution in [2.24, 2.45) is 0 Å². The Labute approximate surface area is 95.8 Å². The van der Waals surface area contributed by atoms with E-state index < -0.39 is 0 Å². The van der Waals surface area contributed by atoms with E-state index in [1.807, 2.05) is 30.2 Å². The van der Waals surface area contributed by atoms with Crippen LogP contribution in [0, 0.1) is 0 Å². The Morgan fingerprint density at radius 1 is 1.62 bits per heavy atom. The number of rotatable bonds is 4. The molecule has 2 rings (SSSR count). The zero-order chi connectivity index (χ0) is 11.4. The second-order valence-electron chi connectivity index (χ2n) is 4.06. The molecule has 84 valence electrons. The second-order valence-corrected chi connectivity index (χ2v) is 4.06. The molecule has 3 nitrogen and oxygen atoms in total. The van der Waals surface area contributed by atoms with Gasteiger partial charge in [-0.1, -0.05) is 12.1 Å². The van der Waals surface area contributed by atoms with Crippen molar-refractivity contribution in [1.82, 2.24) is 9.88 Å². The first kappa shape index (κ1) is 10.9. The summed E-state index contributed by atoms with van der Waals surface area (Å²) in [5.41, 5.74) is 1.09. The zero-order valence-electron chi connectivity index (χ0n) is 9.47. The number of pyridine rings is 1. The van der Waals surface area contributed by atoms with Crippen molar-refractivity contribution in [3.63, 3.8) is 0 Å². The van der Waals surface area contributed by atoms with Crippen LogP contribution in [-0.2, 0) is 11.3 Å². The Bertz CT molecular complexity index is 382. The van der Waals surface area contributed by atoms with Crippen molar-refractivity contribution in [1.29, 1.82) is 0 Å². The van der Waals surface area contributed by atoms with E-state index in [1.165, 1.54) is 0 Å². The summed E-state index contributed by atoms with van der Waals surface area (Å²) in [4.78, 5) is 17.8. The lowest BCUT2D eigenvalue weighted by Gasteiger charge is -2.20. The predicted octanol–water partition coefficient (Wildman–Crippen LogP) is 2.15. The van der Waals surface area contributed by atoms with Gasteiger partial charge in [0.15, 0.2) is 0 Å². The highest BCUT2D eigenvalue weighted by atomic mass is 16.2. The lowest BCUT2D eigenvalue weighted by atomic mass is 10.2. The van der Waals surface area contributed by atoms with Crippen LogP contribution in [0.15, 0.2) is 36.7 Å². The number of carbonyl (C=O) groups is 1. The van der Waals surface area contributed by atoms with E-state index in [0.717, 1.165) is 18.4 Å². The van der Waals surface area contributed by atoms with Crippen LogP contribution in [0.5, 0.6) is 0 Å². The summed E-state index contributed by atoms with van der Waals surface area (Å²) in [7, 11) is 0. The van der Waals surface area contributed by atoms with Crippen molar-refractivity contribution in [3.8, 4) is 0 Å². The molecule has 3 heteroatoms. The quantitative estimate of drug-likeness (QED) is 0.722. The number of aromatic nitrogens is 1. The molecular formula is C13H16N2O. The Balaban J connectivity index is 2.06. The van der Waals surface area contributed by atoms with Gasteiger partial charge in [-0.15, -0.1) is 0 Å². The van der Waals surface area contributed by atoms with Gasteiger partial charge in [0.05, 0.1) is 0 Å². The van der Waals surface area contributed by atoms with Gasteiger partial charge in [0, 0.05) is 25.0 Å². The fraction of sp³-hybridized carbons (Fsp3) is 0.385. The van der Waals surface area contributed by atoms with Crippen molar-refractivity contribution in [3.05, 3.63) is 42.2 Å². The lowest BCUT2D eigenvalue weighted by molar-refractivity contribution is -0.127. The summed E-state index contributed by atoms with van der Waals surface area (Å²) in [5, 5.41) is 0. The molecule has 0 atom stereocenters. The molecule has 1 fully saturated rings. The molecule has 16 heavy (non-hydrogen) atoms. The third kappa shape index (κ3) is 2.69. The Kier molecular flexibility index (Phi) is 3.34. The molecule has 1 aliphatic rings. The van der Waals surface area contributed by atoms with E-state index in [2.05, 4.69) is 4.98 Å². The van der Waals surface area contributed by atoms with E-state index in [9.17, 15) is 4.79 Å². The fourth-order valence-electron chi connectivity index (χ4n) is 1.70. The summed E-state index contributed by atoms with van der Waals surface area (Å²) in [6.07, 6.45) is 9.25. The fourth-order valence-corrected chi connectivity index (χ4v) is 1.70. The minimum absolute atomic E-state index is 0.105. The van der Waals surface area contributed by atoms with Crippen LogP contribution >= 0.6 is 0 Å². The highest BCUT2D eigenvalue weighted by Crippen LogP contribution is 2.28. The molecule has 0 N–H and O–H groups in total. The summed E-state index contributed by atoms with van der Waals surface area (Å²) >= 11 is 0. The second kappa shape index (κ2) is 4.92. The van der Waals surface area contributed by atoms with Crippen LogP contribution in [0.1, 0.15) is 25.3 Å². The van der Waals surface area contributed by atoms with Gasteiger partial charge in [-0.25, -0.2) is 0 Å². The predicted molar refractivity (Wildman–Crippen MR) is 62.6 cm³/mol. The molecule has 0 saturated heterocycles. The third-order valence-electron chi connectivity index (χ3n) is 2.66. The molecule has 0 bridgehead atoms. The maximum absolute atomic E-state index is 11.8. The zero-order valence-corrected chi connectivity index (χ0v) is 9.47. The molecule has 1 aromatic heterocycles. The largest absolute Gasteiger partial charge is 0.332 e. The van der Waals surface area contributed by atoms with Crippen LogP contribution in [0.3, 0.4) is 0 Å². The highest BCUT2D eigenvalue weighted by molar-refractivity contribution is 5.87. The number of nitrogens with zero attached hydrogens (tertiary/aromatic N) is 2. The number of carbonyl (C=O) groups excluding carboxylic acids is 1. The van der Waals surface area contributed by atoms with Gasteiger partial charge in [-0.3, -0.25) is 9.78 Å². The van der Waals surface area contributed by atoms with Gasteiger partial charge < -0.3 is 4.90 Å². The number of allylic oxidation sites excluding steroid dienone is 1. The van der Waals surface area contributed by atoms with Gasteiger partial charge in [0.2, 0.25) is 5.91 Å². The third-order valence-corrected chi connectivity index (χ3v) is 2.66. The van der Waals surface area contributed by atoms with E-state index in [4.69, 9.17) is 0 Å². The first-order chi connectivity index (χ1) is 7.81. The monoisotopic (exact) mass is 216 g/mol. The minimum atomic E-state index is 0.105. The Morgan fingerprint density at radius 2 is 2.44 bits per heavy atom. The minimum Gasteiger partial charge on any atom is -0.332 e. The molecule has 0 aliphatic heterocycles. The Hall–Kier alpha value is -1.64. The van der Waals surface area contributed by atoms with Crippen molar-refractivity contribution in [2.45, 2.75) is 32.4 Å². The number of amides is 1. The highest BCUT2D eigenvalue weighted by Gasteiger charge is 2.31. The number of hydrogen-bond acceptors (Lipinski definition) is 2. The maximum atomic E-state index is 11.8. The Morgan fingerprint density at radius 3 is 3.00 bits per heavy atom. The van der Waals surface area contributed by atoms with E-state index in [1.54, 1.807) is 18.3 Å². The number of hydrogen-bond donors (Lipinski definition) is 0. The van der Waals surface area contributed by atoms with Crippen molar-refractivity contribution < 1.29 is 4.79 Å². The van der Waals surface area contributed by atoms with Gasteiger partial charge in [0.25, 0.3) is 0 Å². The van der Waals surface area contributed by atoms with Crippen LogP contribution in [0.25, 0.3) is 0 Å². The maximum Gasteiger partial charge on any atom is 0.246 e. The van der Waals surface area contributed by atoms with Gasteiger partial charge >= 0.3 is 0 Å². The molecule has 1 amide bonds. The molecule has 0 spiro atoms. The van der Waals surface area contributed by atoms with E-state index in [-0.39, 0.29) is 5.91 Å². The molecule has 1 aromatic rings. The lowest BCUT2D eigenvalue weighted by Crippen LogP contribution is -2.31. The topological polar surface area (TPSA) is 33.2 Å². The van der Waals surface area contributed by atoms with Crippen LogP contribution in [-0.4, -0.2) is 21.8 Å². The average Bonchev–Trinajstić information content (AvgIpc) is 3.11. The van der Waals surface area contributed by atoms with Gasteiger partial charge in [0.1, 0.15) is 0 Å². The van der Waals surface area contributed by atoms with Gasteiger partial charge in [-0.2, -0.15) is 0 Å². The van der Waals surface area contributed by atoms with Crippen LogP contribution in [0.2, 0.25) is 0 Å². The van der Waals surface area contributed by atoms with Crippen LogP contribution in [0.4, 0.5) is 0 Å². The first-order valence-corrected chi connectivity index (χ1v) is 5.63. The van der Waals surface area contributed by atoms with E-state index in [0.29, 0.717) is 12.6 Å². The molecule has 1 aliphatic carbocycles. The summed E-state index contributed by atoms with van der Waals surface area (Å²) < 4.78 is 0. The molecule has 0 radical (unpaired) electrons. The molecule has 0 unspecified atom stereocenters. The molecule has 0 aromatic carbocycles. The summed E-state index contributed by atoms with van der Waals surface area (Å²) in [6, 6.07) is 4.34.